The summed E-state index contributed by atoms with van der Waals surface area (Å²) in [5.41, 5.74) is 2.16. The summed E-state index contributed by atoms with van der Waals surface area (Å²) in [7, 11) is 1.89. The third-order valence-electron chi connectivity index (χ3n) is 3.23. The van der Waals surface area contributed by atoms with E-state index in [-0.39, 0.29) is 0 Å². The Hall–Kier alpha value is -0.840. The van der Waals surface area contributed by atoms with Crippen molar-refractivity contribution < 1.29 is 0 Å². The second kappa shape index (κ2) is 6.07. The molecule has 0 aromatic carbocycles. The zero-order valence-electron chi connectivity index (χ0n) is 11.8. The number of nitrogens with one attached hydrogen (secondary N) is 1. The van der Waals surface area contributed by atoms with Crippen LogP contribution >= 0.6 is 22.9 Å². The Bertz CT molecular complexity index is 559. The summed E-state index contributed by atoms with van der Waals surface area (Å²) in [6.07, 6.45) is 0.881. The molecule has 19 heavy (non-hydrogen) atoms. The molecule has 0 aliphatic rings. The summed E-state index contributed by atoms with van der Waals surface area (Å²) in [6, 6.07) is 4.68. The molecule has 2 aromatic rings. The number of nitrogens with zero attached hydrogens (tertiary/aromatic N) is 2. The molecule has 0 radical (unpaired) electrons. The molecule has 3 nitrogen and oxygen atoms in total. The van der Waals surface area contributed by atoms with Crippen LogP contribution < -0.4 is 5.32 Å². The first-order valence-corrected chi connectivity index (χ1v) is 7.70. The highest BCUT2D eigenvalue weighted by Crippen LogP contribution is 2.29. The predicted molar refractivity (Wildman–Crippen MR) is 82.1 cm³/mol. The Morgan fingerprint density at radius 2 is 2.16 bits per heavy atom. The van der Waals surface area contributed by atoms with Crippen molar-refractivity contribution in [3.63, 3.8) is 0 Å². The second-order valence-corrected chi connectivity index (χ2v) is 6.42. The third-order valence-corrected chi connectivity index (χ3v) is 4.82. The van der Waals surface area contributed by atoms with E-state index < -0.39 is 0 Å². The van der Waals surface area contributed by atoms with Crippen molar-refractivity contribution in [3.05, 3.63) is 38.3 Å². The number of thiophene rings is 1. The van der Waals surface area contributed by atoms with E-state index in [2.05, 4.69) is 36.4 Å². The average molecular weight is 298 g/mol. The van der Waals surface area contributed by atoms with Crippen LogP contribution in [0, 0.1) is 13.8 Å². The van der Waals surface area contributed by atoms with Gasteiger partial charge in [0, 0.05) is 28.4 Å². The fraction of sp³-hybridized carbons (Fsp3) is 0.500. The van der Waals surface area contributed by atoms with Gasteiger partial charge < -0.3 is 5.32 Å². The van der Waals surface area contributed by atoms with Crippen LogP contribution in [-0.4, -0.2) is 16.3 Å². The molecular weight excluding hydrogens is 278 g/mol. The van der Waals surface area contributed by atoms with Crippen molar-refractivity contribution in [2.24, 2.45) is 7.05 Å². The van der Waals surface area contributed by atoms with E-state index in [1.165, 1.54) is 9.75 Å². The van der Waals surface area contributed by atoms with Gasteiger partial charge in [0.25, 0.3) is 0 Å². The SMILES string of the molecule is CCNC(Cc1c(C)nn(C)c1Cl)c1ccc(C)s1. The van der Waals surface area contributed by atoms with Crippen LogP contribution in [0.1, 0.15) is 34.0 Å². The Balaban J connectivity index is 2.26. The Morgan fingerprint density at radius 3 is 2.63 bits per heavy atom. The van der Waals surface area contributed by atoms with Crippen molar-refractivity contribution >= 4 is 22.9 Å². The number of aromatic nitrogens is 2. The number of hydrogen-bond donors (Lipinski definition) is 1. The smallest absolute Gasteiger partial charge is 0.130 e. The van der Waals surface area contributed by atoms with E-state index in [0.29, 0.717) is 6.04 Å². The van der Waals surface area contributed by atoms with Gasteiger partial charge in [0.1, 0.15) is 5.15 Å². The molecule has 0 spiro atoms. The molecule has 1 unspecified atom stereocenters. The second-order valence-electron chi connectivity index (χ2n) is 4.74. The van der Waals surface area contributed by atoms with E-state index in [4.69, 9.17) is 11.6 Å². The van der Waals surface area contributed by atoms with Gasteiger partial charge in [-0.15, -0.1) is 11.3 Å². The lowest BCUT2D eigenvalue weighted by atomic mass is 10.1. The number of halogens is 1. The van der Waals surface area contributed by atoms with Crippen molar-refractivity contribution in [1.29, 1.82) is 0 Å². The van der Waals surface area contributed by atoms with Crippen molar-refractivity contribution in [2.75, 3.05) is 6.54 Å². The molecule has 0 aliphatic heterocycles. The zero-order chi connectivity index (χ0) is 14.0. The molecule has 0 saturated carbocycles. The maximum Gasteiger partial charge on any atom is 0.130 e. The number of rotatable bonds is 5. The Morgan fingerprint density at radius 1 is 1.42 bits per heavy atom. The van der Waals surface area contributed by atoms with E-state index in [0.717, 1.165) is 29.4 Å². The molecule has 2 heterocycles. The normalized spacial score (nSPS) is 12.9. The fourth-order valence-corrected chi connectivity index (χ4v) is 3.47. The van der Waals surface area contributed by atoms with E-state index in [1.54, 1.807) is 4.68 Å². The van der Waals surface area contributed by atoms with E-state index >= 15 is 0 Å². The molecule has 104 valence electrons. The van der Waals surface area contributed by atoms with Crippen molar-refractivity contribution in [1.82, 2.24) is 15.1 Å². The summed E-state index contributed by atoms with van der Waals surface area (Å²) < 4.78 is 1.74. The van der Waals surface area contributed by atoms with Gasteiger partial charge in [-0.2, -0.15) is 5.10 Å². The maximum atomic E-state index is 6.33. The number of hydrogen-bond acceptors (Lipinski definition) is 3. The molecule has 0 aliphatic carbocycles. The van der Waals surface area contributed by atoms with Gasteiger partial charge in [-0.1, -0.05) is 18.5 Å². The third kappa shape index (κ3) is 3.19. The van der Waals surface area contributed by atoms with Crippen LogP contribution in [0.2, 0.25) is 5.15 Å². The highest BCUT2D eigenvalue weighted by Gasteiger charge is 2.19. The molecule has 5 heteroatoms. The first kappa shape index (κ1) is 14.6. The van der Waals surface area contributed by atoms with Crippen LogP contribution in [0.4, 0.5) is 0 Å². The van der Waals surface area contributed by atoms with E-state index in [9.17, 15) is 0 Å². The van der Waals surface area contributed by atoms with Crippen LogP contribution in [0.15, 0.2) is 12.1 Å². The quantitative estimate of drug-likeness (QED) is 0.913. The molecule has 1 N–H and O–H groups in total. The predicted octanol–water partition coefficient (Wildman–Crippen LogP) is 3.65. The molecule has 2 aromatic heterocycles. The van der Waals surface area contributed by atoms with Gasteiger partial charge >= 0.3 is 0 Å². The monoisotopic (exact) mass is 297 g/mol. The molecule has 0 saturated heterocycles. The minimum atomic E-state index is 0.309. The zero-order valence-corrected chi connectivity index (χ0v) is 13.4. The number of likely N-dealkylation sites (N-methyl/N-ethyl adjacent to an activating group) is 1. The molecule has 0 amide bonds. The van der Waals surface area contributed by atoms with Gasteiger partial charge in [-0.05, 0) is 38.9 Å². The largest absolute Gasteiger partial charge is 0.309 e. The Labute approximate surface area is 123 Å². The standard InChI is InChI=1S/C14H20ClN3S/c1-5-16-12(13-7-6-9(2)19-13)8-11-10(3)17-18(4)14(11)15/h6-7,12,16H,5,8H2,1-4H3. The summed E-state index contributed by atoms with van der Waals surface area (Å²) in [4.78, 5) is 2.70. The number of aryl methyl sites for hydroxylation is 3. The molecule has 0 bridgehead atoms. The lowest BCUT2D eigenvalue weighted by molar-refractivity contribution is 0.557. The minimum Gasteiger partial charge on any atom is -0.309 e. The maximum absolute atomic E-state index is 6.33. The van der Waals surface area contributed by atoms with Gasteiger partial charge in [0.2, 0.25) is 0 Å². The van der Waals surface area contributed by atoms with Crippen LogP contribution in [0.5, 0.6) is 0 Å². The summed E-state index contributed by atoms with van der Waals surface area (Å²) >= 11 is 8.17. The highest BCUT2D eigenvalue weighted by atomic mass is 35.5. The molecular formula is C14H20ClN3S. The lowest BCUT2D eigenvalue weighted by Gasteiger charge is -2.16. The topological polar surface area (TPSA) is 29.9 Å². The van der Waals surface area contributed by atoms with E-state index in [1.807, 2.05) is 25.3 Å². The first-order chi connectivity index (χ1) is 9.02. The summed E-state index contributed by atoms with van der Waals surface area (Å²) in [5.74, 6) is 0. The summed E-state index contributed by atoms with van der Waals surface area (Å²) in [5, 5.41) is 8.67. The lowest BCUT2D eigenvalue weighted by Crippen LogP contribution is -2.22. The Kier molecular flexibility index (Phi) is 4.66. The van der Waals surface area contributed by atoms with Crippen molar-refractivity contribution in [3.8, 4) is 0 Å². The van der Waals surface area contributed by atoms with Gasteiger partial charge in [-0.25, -0.2) is 0 Å². The van der Waals surface area contributed by atoms with Gasteiger partial charge in [-0.3, -0.25) is 4.68 Å². The van der Waals surface area contributed by atoms with Crippen LogP contribution in [0.3, 0.4) is 0 Å². The van der Waals surface area contributed by atoms with Crippen LogP contribution in [0.25, 0.3) is 0 Å². The molecule has 1 atom stereocenters. The van der Waals surface area contributed by atoms with Gasteiger partial charge in [0.15, 0.2) is 0 Å². The van der Waals surface area contributed by atoms with Crippen LogP contribution in [-0.2, 0) is 13.5 Å². The highest BCUT2D eigenvalue weighted by molar-refractivity contribution is 7.12. The fourth-order valence-electron chi connectivity index (χ4n) is 2.27. The van der Waals surface area contributed by atoms with Crippen molar-refractivity contribution in [2.45, 2.75) is 33.2 Å². The molecule has 0 fully saturated rings. The first-order valence-electron chi connectivity index (χ1n) is 6.50. The summed E-state index contributed by atoms with van der Waals surface area (Å²) in [6.45, 7) is 7.23. The average Bonchev–Trinajstić information content (AvgIpc) is 2.88. The minimum absolute atomic E-state index is 0.309. The van der Waals surface area contributed by atoms with Gasteiger partial charge in [0.05, 0.1) is 5.69 Å². The molecule has 2 rings (SSSR count).